The van der Waals surface area contributed by atoms with Crippen molar-refractivity contribution in [1.29, 1.82) is 0 Å². The maximum Gasteiger partial charge on any atom is 0.271 e. The molecule has 5 nitrogen and oxygen atoms in total. The van der Waals surface area contributed by atoms with Gasteiger partial charge in [0, 0.05) is 12.6 Å². The molecule has 0 amide bonds. The van der Waals surface area contributed by atoms with Crippen LogP contribution in [0.3, 0.4) is 0 Å². The van der Waals surface area contributed by atoms with E-state index in [-0.39, 0.29) is 22.7 Å². The van der Waals surface area contributed by atoms with E-state index in [2.05, 4.69) is 15.3 Å². The standard InChI is InChI=1S/C10H14ClN3O2/c1-6-4-7(2-3-16-6)14-9-8(11)10(15)13-5-12-9/h5-7H,2-4H2,1H3,(H2,12,13,14,15). The number of H-pyrrole nitrogens is 1. The molecular weight excluding hydrogens is 230 g/mol. The molecule has 6 heteroatoms. The third-order valence-electron chi connectivity index (χ3n) is 2.62. The maximum absolute atomic E-state index is 11.3. The zero-order chi connectivity index (χ0) is 11.5. The molecule has 1 fully saturated rings. The van der Waals surface area contributed by atoms with E-state index in [0.29, 0.717) is 5.82 Å². The number of ether oxygens (including phenoxy) is 1. The summed E-state index contributed by atoms with van der Waals surface area (Å²) in [6.45, 7) is 2.75. The van der Waals surface area contributed by atoms with Crippen molar-refractivity contribution in [2.24, 2.45) is 0 Å². The molecule has 1 saturated heterocycles. The van der Waals surface area contributed by atoms with Gasteiger partial charge >= 0.3 is 0 Å². The average molecular weight is 244 g/mol. The van der Waals surface area contributed by atoms with Crippen LogP contribution in [0.4, 0.5) is 5.82 Å². The van der Waals surface area contributed by atoms with Gasteiger partial charge in [-0.05, 0) is 19.8 Å². The Morgan fingerprint density at radius 3 is 3.25 bits per heavy atom. The molecule has 0 aromatic carbocycles. The van der Waals surface area contributed by atoms with E-state index in [1.54, 1.807) is 0 Å². The minimum absolute atomic E-state index is 0.113. The normalized spacial score (nSPS) is 25.4. The molecule has 0 aliphatic carbocycles. The summed E-state index contributed by atoms with van der Waals surface area (Å²) in [5.74, 6) is 0.449. The van der Waals surface area contributed by atoms with Crippen molar-refractivity contribution < 1.29 is 4.74 Å². The van der Waals surface area contributed by atoms with Crippen molar-refractivity contribution >= 4 is 17.4 Å². The van der Waals surface area contributed by atoms with E-state index in [1.807, 2.05) is 6.92 Å². The van der Waals surface area contributed by atoms with Gasteiger partial charge in [-0.2, -0.15) is 0 Å². The lowest BCUT2D eigenvalue weighted by molar-refractivity contribution is 0.0232. The number of aromatic nitrogens is 2. The molecule has 0 spiro atoms. The SMILES string of the molecule is CC1CC(Nc2nc[nH]c(=O)c2Cl)CCO1. The second-order valence-corrected chi connectivity index (χ2v) is 4.32. The summed E-state index contributed by atoms with van der Waals surface area (Å²) in [7, 11) is 0. The quantitative estimate of drug-likeness (QED) is 0.824. The van der Waals surface area contributed by atoms with Crippen LogP contribution in [0.15, 0.2) is 11.1 Å². The van der Waals surface area contributed by atoms with Crippen LogP contribution >= 0.6 is 11.6 Å². The van der Waals surface area contributed by atoms with Crippen LogP contribution in [0.1, 0.15) is 19.8 Å². The number of halogens is 1. The second-order valence-electron chi connectivity index (χ2n) is 3.94. The van der Waals surface area contributed by atoms with Crippen molar-refractivity contribution in [3.63, 3.8) is 0 Å². The molecule has 2 unspecified atom stereocenters. The highest BCUT2D eigenvalue weighted by Gasteiger charge is 2.20. The third kappa shape index (κ3) is 2.54. The highest BCUT2D eigenvalue weighted by Crippen LogP contribution is 2.20. The molecule has 1 aliphatic rings. The number of nitrogens with zero attached hydrogens (tertiary/aromatic N) is 1. The number of hydrogen-bond donors (Lipinski definition) is 2. The number of hydrogen-bond acceptors (Lipinski definition) is 4. The minimum Gasteiger partial charge on any atom is -0.378 e. The summed E-state index contributed by atoms with van der Waals surface area (Å²) >= 11 is 5.85. The Bertz CT molecular complexity index is 421. The Labute approximate surface area is 98.2 Å². The van der Waals surface area contributed by atoms with Crippen LogP contribution in [0.25, 0.3) is 0 Å². The molecule has 0 bridgehead atoms. The molecule has 0 radical (unpaired) electrons. The fourth-order valence-corrected chi connectivity index (χ4v) is 1.96. The van der Waals surface area contributed by atoms with E-state index < -0.39 is 0 Å². The monoisotopic (exact) mass is 243 g/mol. The van der Waals surface area contributed by atoms with Gasteiger partial charge in [-0.3, -0.25) is 4.79 Å². The zero-order valence-corrected chi connectivity index (χ0v) is 9.75. The molecule has 2 heterocycles. The summed E-state index contributed by atoms with van der Waals surface area (Å²) in [6.07, 6.45) is 3.37. The van der Waals surface area contributed by atoms with Gasteiger partial charge in [0.1, 0.15) is 5.02 Å². The van der Waals surface area contributed by atoms with Gasteiger partial charge in [0.2, 0.25) is 0 Å². The smallest absolute Gasteiger partial charge is 0.271 e. The summed E-state index contributed by atoms with van der Waals surface area (Å²) in [5, 5.41) is 3.29. The van der Waals surface area contributed by atoms with E-state index in [9.17, 15) is 4.79 Å². The number of aromatic amines is 1. The number of rotatable bonds is 2. The lowest BCUT2D eigenvalue weighted by Crippen LogP contribution is -2.33. The van der Waals surface area contributed by atoms with Crippen molar-refractivity contribution in [2.75, 3.05) is 11.9 Å². The topological polar surface area (TPSA) is 67.0 Å². The van der Waals surface area contributed by atoms with Crippen molar-refractivity contribution in [3.8, 4) is 0 Å². The predicted octanol–water partition coefficient (Wildman–Crippen LogP) is 1.40. The van der Waals surface area contributed by atoms with Gasteiger partial charge in [0.05, 0.1) is 12.4 Å². The Morgan fingerprint density at radius 2 is 2.50 bits per heavy atom. The van der Waals surface area contributed by atoms with Gasteiger partial charge in [-0.1, -0.05) is 11.6 Å². The molecule has 0 saturated carbocycles. The first-order chi connectivity index (χ1) is 7.66. The molecule has 1 aliphatic heterocycles. The summed E-state index contributed by atoms with van der Waals surface area (Å²) in [5.41, 5.74) is -0.320. The van der Waals surface area contributed by atoms with Crippen LogP contribution in [0, 0.1) is 0 Å². The maximum atomic E-state index is 11.3. The molecule has 16 heavy (non-hydrogen) atoms. The molecule has 2 atom stereocenters. The molecule has 88 valence electrons. The zero-order valence-electron chi connectivity index (χ0n) is 9.00. The van der Waals surface area contributed by atoms with Gasteiger partial charge in [0.25, 0.3) is 5.56 Å². The summed E-state index contributed by atoms with van der Waals surface area (Å²) < 4.78 is 5.44. The number of anilines is 1. The highest BCUT2D eigenvalue weighted by molar-refractivity contribution is 6.32. The third-order valence-corrected chi connectivity index (χ3v) is 2.97. The lowest BCUT2D eigenvalue weighted by Gasteiger charge is -2.28. The Hall–Kier alpha value is -1.07. The fraction of sp³-hybridized carbons (Fsp3) is 0.600. The molecular formula is C10H14ClN3O2. The van der Waals surface area contributed by atoms with Crippen LogP contribution in [-0.2, 0) is 4.74 Å². The Morgan fingerprint density at radius 1 is 1.69 bits per heavy atom. The van der Waals surface area contributed by atoms with E-state index in [0.717, 1.165) is 19.4 Å². The van der Waals surface area contributed by atoms with Gasteiger partial charge in [0.15, 0.2) is 5.82 Å². The predicted molar refractivity (Wildman–Crippen MR) is 61.9 cm³/mol. The van der Waals surface area contributed by atoms with Crippen molar-refractivity contribution in [2.45, 2.75) is 31.9 Å². The second kappa shape index (κ2) is 4.84. The van der Waals surface area contributed by atoms with E-state index in [4.69, 9.17) is 16.3 Å². The molecule has 2 N–H and O–H groups in total. The Kier molecular flexibility index (Phi) is 3.46. The summed E-state index contributed by atoms with van der Waals surface area (Å²) in [6, 6.07) is 0.260. The molecule has 2 rings (SSSR count). The number of nitrogens with one attached hydrogen (secondary N) is 2. The minimum atomic E-state index is -0.320. The average Bonchev–Trinajstić information content (AvgIpc) is 2.25. The van der Waals surface area contributed by atoms with Gasteiger partial charge in [-0.15, -0.1) is 0 Å². The highest BCUT2D eigenvalue weighted by atomic mass is 35.5. The molecule has 1 aromatic rings. The Balaban J connectivity index is 2.08. The largest absolute Gasteiger partial charge is 0.378 e. The van der Waals surface area contributed by atoms with Crippen molar-refractivity contribution in [3.05, 3.63) is 21.7 Å². The van der Waals surface area contributed by atoms with Crippen LogP contribution < -0.4 is 10.9 Å². The van der Waals surface area contributed by atoms with Crippen LogP contribution in [-0.4, -0.2) is 28.7 Å². The first kappa shape index (κ1) is 11.4. The first-order valence-corrected chi connectivity index (χ1v) is 5.66. The van der Waals surface area contributed by atoms with Crippen LogP contribution in [0.5, 0.6) is 0 Å². The molecule has 1 aromatic heterocycles. The van der Waals surface area contributed by atoms with Crippen molar-refractivity contribution in [1.82, 2.24) is 9.97 Å². The fourth-order valence-electron chi connectivity index (χ4n) is 1.81. The van der Waals surface area contributed by atoms with Gasteiger partial charge < -0.3 is 15.0 Å². The van der Waals surface area contributed by atoms with E-state index in [1.165, 1.54) is 6.33 Å². The lowest BCUT2D eigenvalue weighted by atomic mass is 10.0. The first-order valence-electron chi connectivity index (χ1n) is 5.28. The summed E-state index contributed by atoms with van der Waals surface area (Å²) in [4.78, 5) is 17.7. The van der Waals surface area contributed by atoms with Crippen LogP contribution in [0.2, 0.25) is 5.02 Å². The van der Waals surface area contributed by atoms with E-state index >= 15 is 0 Å². The van der Waals surface area contributed by atoms with Gasteiger partial charge in [-0.25, -0.2) is 4.98 Å².